The SMILES string of the molecule is Cc1nn(Cc2ccccc2)c(C)c1CNC(=O)Cn1nnn(-c2ccccc2)c1=O. The van der Waals surface area contributed by atoms with Crippen molar-refractivity contribution in [2.45, 2.75) is 33.5 Å². The molecule has 0 atom stereocenters. The summed E-state index contributed by atoms with van der Waals surface area (Å²) in [4.78, 5) is 24.9. The van der Waals surface area contributed by atoms with E-state index >= 15 is 0 Å². The summed E-state index contributed by atoms with van der Waals surface area (Å²) < 4.78 is 4.14. The molecule has 0 aliphatic heterocycles. The zero-order valence-electron chi connectivity index (χ0n) is 17.4. The fraction of sp³-hybridized carbons (Fsp3) is 0.227. The number of aromatic nitrogens is 6. The van der Waals surface area contributed by atoms with Crippen molar-refractivity contribution in [3.8, 4) is 5.69 Å². The third-order valence-corrected chi connectivity index (χ3v) is 5.10. The van der Waals surface area contributed by atoms with Crippen molar-refractivity contribution in [2.24, 2.45) is 0 Å². The second-order valence-electron chi connectivity index (χ2n) is 7.24. The van der Waals surface area contributed by atoms with Gasteiger partial charge in [-0.15, -0.1) is 0 Å². The number of nitrogens with zero attached hydrogens (tertiary/aromatic N) is 6. The fourth-order valence-electron chi connectivity index (χ4n) is 3.38. The number of hydrogen-bond donors (Lipinski definition) is 1. The molecule has 0 fully saturated rings. The third-order valence-electron chi connectivity index (χ3n) is 5.10. The standard InChI is InChI=1S/C22H23N7O2/c1-16-20(17(2)27(24-16)14-18-9-5-3-6-10-18)13-23-21(30)15-28-22(31)29(26-25-28)19-11-7-4-8-12-19/h3-12H,13-15H2,1-2H3,(H,23,30). The van der Waals surface area contributed by atoms with Crippen molar-refractivity contribution < 1.29 is 4.79 Å². The Morgan fingerprint density at radius 2 is 1.61 bits per heavy atom. The van der Waals surface area contributed by atoms with E-state index in [1.54, 1.807) is 24.3 Å². The third kappa shape index (κ3) is 4.45. The normalized spacial score (nSPS) is 10.9. The van der Waals surface area contributed by atoms with Crippen LogP contribution in [0.2, 0.25) is 0 Å². The summed E-state index contributed by atoms with van der Waals surface area (Å²) >= 11 is 0. The highest BCUT2D eigenvalue weighted by molar-refractivity contribution is 5.75. The summed E-state index contributed by atoms with van der Waals surface area (Å²) in [6, 6.07) is 19.0. The quantitative estimate of drug-likeness (QED) is 0.492. The van der Waals surface area contributed by atoms with Crippen LogP contribution in [0.5, 0.6) is 0 Å². The minimum absolute atomic E-state index is 0.206. The number of amides is 1. The van der Waals surface area contributed by atoms with Gasteiger partial charge in [0.25, 0.3) is 0 Å². The molecular weight excluding hydrogens is 394 g/mol. The number of carbonyl (C=O) groups excluding carboxylic acids is 1. The van der Waals surface area contributed by atoms with Gasteiger partial charge in [-0.1, -0.05) is 48.5 Å². The lowest BCUT2D eigenvalue weighted by Gasteiger charge is -2.07. The van der Waals surface area contributed by atoms with Crippen LogP contribution in [-0.4, -0.2) is 35.5 Å². The van der Waals surface area contributed by atoms with E-state index in [0.717, 1.165) is 31.9 Å². The monoisotopic (exact) mass is 417 g/mol. The highest BCUT2D eigenvalue weighted by Crippen LogP contribution is 2.14. The molecule has 0 aliphatic carbocycles. The maximum absolute atomic E-state index is 12.5. The van der Waals surface area contributed by atoms with Crippen molar-refractivity contribution in [1.82, 2.24) is 34.9 Å². The summed E-state index contributed by atoms with van der Waals surface area (Å²) in [5.41, 5.74) is 4.10. The average molecular weight is 417 g/mol. The predicted molar refractivity (Wildman–Crippen MR) is 115 cm³/mol. The van der Waals surface area contributed by atoms with E-state index in [1.807, 2.05) is 42.8 Å². The van der Waals surface area contributed by atoms with Crippen LogP contribution in [-0.2, 0) is 24.4 Å². The van der Waals surface area contributed by atoms with Crippen LogP contribution in [0.3, 0.4) is 0 Å². The van der Waals surface area contributed by atoms with E-state index < -0.39 is 5.69 Å². The molecule has 158 valence electrons. The Labute approximate surface area is 178 Å². The molecule has 2 aromatic heterocycles. The first kappa shape index (κ1) is 20.3. The number of rotatable bonds is 7. The largest absolute Gasteiger partial charge is 0.368 e. The summed E-state index contributed by atoms with van der Waals surface area (Å²) in [6.07, 6.45) is 0. The molecule has 2 aromatic carbocycles. The van der Waals surface area contributed by atoms with E-state index in [9.17, 15) is 9.59 Å². The molecular formula is C22H23N7O2. The molecule has 0 unspecified atom stereocenters. The van der Waals surface area contributed by atoms with Crippen LogP contribution in [0.25, 0.3) is 5.69 Å². The van der Waals surface area contributed by atoms with Crippen LogP contribution < -0.4 is 11.0 Å². The van der Waals surface area contributed by atoms with E-state index in [0.29, 0.717) is 18.8 Å². The van der Waals surface area contributed by atoms with Crippen LogP contribution in [0.4, 0.5) is 0 Å². The second kappa shape index (κ2) is 8.78. The first-order chi connectivity index (χ1) is 15.0. The zero-order valence-corrected chi connectivity index (χ0v) is 17.4. The van der Waals surface area contributed by atoms with E-state index in [1.165, 1.54) is 0 Å². The average Bonchev–Trinajstić information content (AvgIpc) is 3.27. The predicted octanol–water partition coefficient (Wildman–Crippen LogP) is 1.61. The number of benzene rings is 2. The maximum atomic E-state index is 12.5. The molecule has 0 saturated carbocycles. The molecule has 1 amide bonds. The Balaban J connectivity index is 1.41. The molecule has 0 aliphatic rings. The van der Waals surface area contributed by atoms with Crippen molar-refractivity contribution >= 4 is 5.91 Å². The number of carbonyl (C=O) groups is 1. The summed E-state index contributed by atoms with van der Waals surface area (Å²) in [6.45, 7) is 4.69. The van der Waals surface area contributed by atoms with E-state index in [-0.39, 0.29) is 12.5 Å². The molecule has 0 radical (unpaired) electrons. The lowest BCUT2D eigenvalue weighted by Crippen LogP contribution is -2.33. The fourth-order valence-corrected chi connectivity index (χ4v) is 3.38. The van der Waals surface area contributed by atoms with Crippen molar-refractivity contribution in [3.05, 3.63) is 93.7 Å². The van der Waals surface area contributed by atoms with Crippen molar-refractivity contribution in [1.29, 1.82) is 0 Å². The maximum Gasteiger partial charge on any atom is 0.368 e. The topological polar surface area (TPSA) is 99.6 Å². The highest BCUT2D eigenvalue weighted by Gasteiger charge is 2.15. The minimum atomic E-state index is -0.468. The number of nitrogens with one attached hydrogen (secondary N) is 1. The van der Waals surface area contributed by atoms with E-state index in [4.69, 9.17) is 0 Å². The van der Waals surface area contributed by atoms with Crippen molar-refractivity contribution in [3.63, 3.8) is 0 Å². The number of hydrogen-bond acceptors (Lipinski definition) is 5. The Morgan fingerprint density at radius 3 is 2.32 bits per heavy atom. The molecule has 31 heavy (non-hydrogen) atoms. The van der Waals surface area contributed by atoms with Gasteiger partial charge in [0.15, 0.2) is 0 Å². The van der Waals surface area contributed by atoms with Gasteiger partial charge < -0.3 is 5.32 Å². The molecule has 0 spiro atoms. The molecule has 0 bridgehead atoms. The lowest BCUT2D eigenvalue weighted by atomic mass is 10.2. The second-order valence-corrected chi connectivity index (χ2v) is 7.24. The van der Waals surface area contributed by atoms with Gasteiger partial charge in [-0.25, -0.2) is 4.79 Å². The molecule has 1 N–H and O–H groups in total. The molecule has 9 heteroatoms. The lowest BCUT2D eigenvalue weighted by molar-refractivity contribution is -0.122. The molecule has 4 rings (SSSR count). The zero-order chi connectivity index (χ0) is 21.8. The van der Waals surface area contributed by atoms with Gasteiger partial charge in [-0.3, -0.25) is 9.48 Å². The summed E-state index contributed by atoms with van der Waals surface area (Å²) in [5, 5.41) is 15.1. The Kier molecular flexibility index (Phi) is 5.74. The van der Waals surface area contributed by atoms with Crippen LogP contribution in [0.15, 0.2) is 65.5 Å². The van der Waals surface area contributed by atoms with Gasteiger partial charge in [-0.05, 0) is 42.0 Å². The molecule has 2 heterocycles. The first-order valence-electron chi connectivity index (χ1n) is 9.94. The smallest absolute Gasteiger partial charge is 0.350 e. The highest BCUT2D eigenvalue weighted by atomic mass is 16.2. The van der Waals surface area contributed by atoms with Crippen molar-refractivity contribution in [2.75, 3.05) is 0 Å². The van der Waals surface area contributed by atoms with Gasteiger partial charge in [-0.2, -0.15) is 14.5 Å². The number of aryl methyl sites for hydroxylation is 1. The van der Waals surface area contributed by atoms with Gasteiger partial charge >= 0.3 is 5.69 Å². The van der Waals surface area contributed by atoms with Crippen LogP contribution >= 0.6 is 0 Å². The summed E-state index contributed by atoms with van der Waals surface area (Å²) in [7, 11) is 0. The van der Waals surface area contributed by atoms with Crippen LogP contribution in [0, 0.1) is 13.8 Å². The van der Waals surface area contributed by atoms with Crippen LogP contribution in [0.1, 0.15) is 22.5 Å². The van der Waals surface area contributed by atoms with Gasteiger partial charge in [0.05, 0.1) is 17.9 Å². The summed E-state index contributed by atoms with van der Waals surface area (Å²) in [5.74, 6) is -0.322. The minimum Gasteiger partial charge on any atom is -0.350 e. The molecule has 0 saturated heterocycles. The molecule has 4 aromatic rings. The molecule has 9 nitrogen and oxygen atoms in total. The Morgan fingerprint density at radius 1 is 0.935 bits per heavy atom. The van der Waals surface area contributed by atoms with Gasteiger partial charge in [0.2, 0.25) is 5.91 Å². The Bertz CT molecular complexity index is 1240. The number of para-hydroxylation sites is 1. The number of tetrazole rings is 1. The van der Waals surface area contributed by atoms with Gasteiger partial charge in [0.1, 0.15) is 6.54 Å². The Hall–Kier alpha value is -4.01. The van der Waals surface area contributed by atoms with E-state index in [2.05, 4.69) is 33.0 Å². The van der Waals surface area contributed by atoms with Gasteiger partial charge in [0, 0.05) is 17.8 Å². The first-order valence-corrected chi connectivity index (χ1v) is 9.94.